The highest BCUT2D eigenvalue weighted by molar-refractivity contribution is 6.17. The number of hydrogen-bond donors (Lipinski definition) is 1. The van der Waals surface area contributed by atoms with E-state index in [1.165, 1.54) is 0 Å². The van der Waals surface area contributed by atoms with E-state index in [1.807, 2.05) is 97.1 Å². The number of aromatic nitrogens is 3. The standard InChI is InChI=1S/C27H19BN3O2/c32-28-33-24-17-15-20(16-18-24)19-11-13-23(14-12-19)27-30-25(21-7-3-1-4-8-21)29-26(31-27)22-9-5-2-6-10-22/h1-18,32H. The highest BCUT2D eigenvalue weighted by Gasteiger charge is 2.12. The lowest BCUT2D eigenvalue weighted by Crippen LogP contribution is -2.00. The van der Waals surface area contributed by atoms with E-state index in [2.05, 4.69) is 0 Å². The molecule has 157 valence electrons. The van der Waals surface area contributed by atoms with Crippen LogP contribution in [0.1, 0.15) is 0 Å². The molecule has 0 amide bonds. The lowest BCUT2D eigenvalue weighted by molar-refractivity contribution is 0.454. The van der Waals surface area contributed by atoms with Crippen LogP contribution < -0.4 is 4.65 Å². The first-order valence-electron chi connectivity index (χ1n) is 10.5. The molecule has 0 aliphatic carbocycles. The fraction of sp³-hybridized carbons (Fsp3) is 0. The van der Waals surface area contributed by atoms with Gasteiger partial charge in [0.25, 0.3) is 0 Å². The second-order valence-corrected chi connectivity index (χ2v) is 7.36. The van der Waals surface area contributed by atoms with Crippen LogP contribution in [0.5, 0.6) is 5.75 Å². The van der Waals surface area contributed by atoms with Crippen molar-refractivity contribution in [2.45, 2.75) is 0 Å². The van der Waals surface area contributed by atoms with Gasteiger partial charge in [0, 0.05) is 16.7 Å². The Morgan fingerprint density at radius 3 is 1.24 bits per heavy atom. The third-order valence-electron chi connectivity index (χ3n) is 5.22. The summed E-state index contributed by atoms with van der Waals surface area (Å²) in [7, 11) is 0.673. The quantitative estimate of drug-likeness (QED) is 0.365. The van der Waals surface area contributed by atoms with Crippen molar-refractivity contribution in [3.8, 4) is 51.0 Å². The summed E-state index contributed by atoms with van der Waals surface area (Å²) in [6.45, 7) is 0. The normalized spacial score (nSPS) is 10.6. The summed E-state index contributed by atoms with van der Waals surface area (Å²) in [4.78, 5) is 14.3. The van der Waals surface area contributed by atoms with E-state index >= 15 is 0 Å². The summed E-state index contributed by atoms with van der Waals surface area (Å²) in [6, 6.07) is 35.5. The molecular weight excluding hydrogens is 409 g/mol. The third kappa shape index (κ3) is 4.66. The average molecular weight is 428 g/mol. The van der Waals surface area contributed by atoms with E-state index < -0.39 is 0 Å². The Hall–Kier alpha value is -4.29. The van der Waals surface area contributed by atoms with Crippen molar-refractivity contribution in [2.24, 2.45) is 0 Å². The van der Waals surface area contributed by atoms with Gasteiger partial charge in [-0.3, -0.25) is 0 Å². The summed E-state index contributed by atoms with van der Waals surface area (Å²) in [5, 5.41) is 8.77. The van der Waals surface area contributed by atoms with Gasteiger partial charge in [-0.05, 0) is 23.3 Å². The Balaban J connectivity index is 1.53. The highest BCUT2D eigenvalue weighted by atomic mass is 16.5. The monoisotopic (exact) mass is 428 g/mol. The van der Waals surface area contributed by atoms with Crippen LogP contribution in [0.4, 0.5) is 0 Å². The SMILES string of the molecule is O[B]Oc1ccc(-c2ccc(-c3nc(-c4ccccc4)nc(-c4ccccc4)n3)cc2)cc1. The maximum Gasteiger partial charge on any atom is 0.569 e. The maximum absolute atomic E-state index is 8.77. The molecule has 1 heterocycles. The number of hydrogen-bond acceptors (Lipinski definition) is 5. The Labute approximate surface area is 192 Å². The first kappa shape index (κ1) is 20.6. The van der Waals surface area contributed by atoms with Gasteiger partial charge in [0.15, 0.2) is 17.5 Å². The molecule has 0 saturated carbocycles. The molecule has 5 rings (SSSR count). The van der Waals surface area contributed by atoms with Gasteiger partial charge < -0.3 is 9.68 Å². The summed E-state index contributed by atoms with van der Waals surface area (Å²) in [5.41, 5.74) is 4.89. The first-order chi connectivity index (χ1) is 16.3. The van der Waals surface area contributed by atoms with E-state index in [4.69, 9.17) is 24.6 Å². The topological polar surface area (TPSA) is 68.1 Å². The van der Waals surface area contributed by atoms with Crippen molar-refractivity contribution in [3.05, 3.63) is 109 Å². The van der Waals surface area contributed by atoms with Crippen LogP contribution in [-0.4, -0.2) is 27.7 Å². The van der Waals surface area contributed by atoms with Gasteiger partial charge in [-0.15, -0.1) is 0 Å². The van der Waals surface area contributed by atoms with Crippen molar-refractivity contribution in [1.29, 1.82) is 0 Å². The molecule has 0 aliphatic heterocycles. The number of benzene rings is 4. The van der Waals surface area contributed by atoms with Crippen LogP contribution >= 0.6 is 0 Å². The predicted octanol–water partition coefficient (Wildman–Crippen LogP) is 5.44. The number of nitrogens with zero attached hydrogens (tertiary/aromatic N) is 3. The first-order valence-corrected chi connectivity index (χ1v) is 10.5. The van der Waals surface area contributed by atoms with Gasteiger partial charge >= 0.3 is 7.69 Å². The molecule has 0 aliphatic rings. The predicted molar refractivity (Wildman–Crippen MR) is 130 cm³/mol. The summed E-state index contributed by atoms with van der Waals surface area (Å²) in [5.74, 6) is 2.47. The molecule has 5 nitrogen and oxygen atoms in total. The maximum atomic E-state index is 8.77. The zero-order valence-corrected chi connectivity index (χ0v) is 17.7. The van der Waals surface area contributed by atoms with E-state index in [0.29, 0.717) is 30.9 Å². The molecule has 4 aromatic carbocycles. The van der Waals surface area contributed by atoms with Crippen molar-refractivity contribution in [2.75, 3.05) is 0 Å². The van der Waals surface area contributed by atoms with Gasteiger partial charge in [-0.2, -0.15) is 0 Å². The van der Waals surface area contributed by atoms with Gasteiger partial charge in [-0.1, -0.05) is 97.1 Å². The van der Waals surface area contributed by atoms with E-state index in [1.54, 1.807) is 12.1 Å². The van der Waals surface area contributed by atoms with Crippen LogP contribution in [0.3, 0.4) is 0 Å². The molecule has 33 heavy (non-hydrogen) atoms. The van der Waals surface area contributed by atoms with Gasteiger partial charge in [0.1, 0.15) is 5.75 Å². The number of rotatable bonds is 6. The largest absolute Gasteiger partial charge is 0.569 e. The van der Waals surface area contributed by atoms with Crippen molar-refractivity contribution in [1.82, 2.24) is 15.0 Å². The molecule has 1 aromatic heterocycles. The van der Waals surface area contributed by atoms with E-state index in [9.17, 15) is 0 Å². The van der Waals surface area contributed by atoms with Gasteiger partial charge in [-0.25, -0.2) is 15.0 Å². The molecule has 6 heteroatoms. The summed E-state index contributed by atoms with van der Waals surface area (Å²) in [6.07, 6.45) is 0. The van der Waals surface area contributed by atoms with Crippen molar-refractivity contribution >= 4 is 7.69 Å². The highest BCUT2D eigenvalue weighted by Crippen LogP contribution is 2.27. The zero-order chi connectivity index (χ0) is 22.5. The van der Waals surface area contributed by atoms with Crippen molar-refractivity contribution in [3.63, 3.8) is 0 Å². The molecule has 0 bridgehead atoms. The summed E-state index contributed by atoms with van der Waals surface area (Å²) >= 11 is 0. The van der Waals surface area contributed by atoms with Crippen LogP contribution in [0.2, 0.25) is 0 Å². The molecular formula is C27H19BN3O2. The Kier molecular flexibility index (Phi) is 5.91. The average Bonchev–Trinajstić information content (AvgIpc) is 2.90. The smallest absolute Gasteiger partial charge is 0.537 e. The lowest BCUT2D eigenvalue weighted by atomic mass is 10.0. The van der Waals surface area contributed by atoms with Gasteiger partial charge in [0.05, 0.1) is 0 Å². The Morgan fingerprint density at radius 2 is 0.818 bits per heavy atom. The molecule has 5 aromatic rings. The third-order valence-corrected chi connectivity index (χ3v) is 5.22. The Bertz CT molecular complexity index is 1290. The minimum atomic E-state index is 0.574. The second kappa shape index (κ2) is 9.46. The molecule has 1 N–H and O–H groups in total. The molecule has 0 fully saturated rings. The molecule has 0 saturated heterocycles. The van der Waals surface area contributed by atoms with Crippen LogP contribution in [0.25, 0.3) is 45.3 Å². The molecule has 0 spiro atoms. The molecule has 0 unspecified atom stereocenters. The van der Waals surface area contributed by atoms with E-state index in [0.717, 1.165) is 27.8 Å². The Morgan fingerprint density at radius 1 is 0.455 bits per heavy atom. The fourth-order valence-electron chi connectivity index (χ4n) is 3.54. The van der Waals surface area contributed by atoms with Crippen LogP contribution in [0.15, 0.2) is 109 Å². The van der Waals surface area contributed by atoms with Gasteiger partial charge in [0.2, 0.25) is 0 Å². The second-order valence-electron chi connectivity index (χ2n) is 7.36. The van der Waals surface area contributed by atoms with E-state index in [-0.39, 0.29) is 0 Å². The fourth-order valence-corrected chi connectivity index (χ4v) is 3.54. The van der Waals surface area contributed by atoms with Crippen molar-refractivity contribution < 1.29 is 9.68 Å². The minimum Gasteiger partial charge on any atom is -0.537 e. The molecule has 1 radical (unpaired) electrons. The minimum absolute atomic E-state index is 0.574. The van der Waals surface area contributed by atoms with Crippen LogP contribution in [-0.2, 0) is 0 Å². The molecule has 0 atom stereocenters. The zero-order valence-electron chi connectivity index (χ0n) is 17.7. The summed E-state index contributed by atoms with van der Waals surface area (Å²) < 4.78 is 4.98. The lowest BCUT2D eigenvalue weighted by Gasteiger charge is -2.09. The van der Waals surface area contributed by atoms with Crippen LogP contribution in [0, 0.1) is 0 Å².